The van der Waals surface area contributed by atoms with E-state index >= 15 is 0 Å². The first-order chi connectivity index (χ1) is 20.5. The molecule has 0 bridgehead atoms. The number of anilines is 3. The molecule has 0 saturated heterocycles. The number of nitrogens with one attached hydrogen (secondary N) is 3. The van der Waals surface area contributed by atoms with Gasteiger partial charge in [0, 0.05) is 15.5 Å². The molecule has 1 aliphatic carbocycles. The molecule has 0 aliphatic heterocycles. The Balaban J connectivity index is 1.36. The SMILES string of the molecule is COC(=O)c1c(NC(=O)C(Sc2cccc(NC(=S)Nc3ccccc3OC)c2)c2ccccc2)sc2c1CCCC2. The van der Waals surface area contributed by atoms with Gasteiger partial charge in [-0.15, -0.1) is 23.1 Å². The predicted molar refractivity (Wildman–Crippen MR) is 175 cm³/mol. The monoisotopic (exact) mass is 617 g/mol. The smallest absolute Gasteiger partial charge is 0.341 e. The van der Waals surface area contributed by atoms with Gasteiger partial charge in [0.05, 0.1) is 25.5 Å². The van der Waals surface area contributed by atoms with E-state index in [1.54, 1.807) is 7.11 Å². The minimum atomic E-state index is -0.565. The Morgan fingerprint density at radius 2 is 1.67 bits per heavy atom. The number of rotatable bonds is 9. The summed E-state index contributed by atoms with van der Waals surface area (Å²) in [5.74, 6) is 0.0661. The van der Waals surface area contributed by atoms with Gasteiger partial charge in [-0.2, -0.15) is 0 Å². The van der Waals surface area contributed by atoms with Crippen molar-refractivity contribution >= 4 is 68.7 Å². The molecule has 0 saturated carbocycles. The Hall–Kier alpha value is -3.86. The van der Waals surface area contributed by atoms with Gasteiger partial charge in [0.1, 0.15) is 16.0 Å². The molecule has 1 heterocycles. The van der Waals surface area contributed by atoms with Crippen LogP contribution in [0.3, 0.4) is 0 Å². The summed E-state index contributed by atoms with van der Waals surface area (Å²) in [4.78, 5) is 28.7. The van der Waals surface area contributed by atoms with E-state index in [9.17, 15) is 9.59 Å². The first-order valence-corrected chi connectivity index (χ1v) is 15.6. The number of methoxy groups -OCH3 is 2. The number of hydrogen-bond acceptors (Lipinski definition) is 7. The fourth-order valence-corrected chi connectivity index (χ4v) is 7.46. The van der Waals surface area contributed by atoms with Crippen LogP contribution in [0.1, 0.15) is 44.5 Å². The van der Waals surface area contributed by atoms with Crippen molar-refractivity contribution in [1.29, 1.82) is 0 Å². The molecule has 1 unspecified atom stereocenters. The number of hydrogen-bond donors (Lipinski definition) is 3. The molecular formula is C32H31N3O4S3. The van der Waals surface area contributed by atoms with Crippen molar-refractivity contribution in [2.45, 2.75) is 35.8 Å². The Morgan fingerprint density at radius 1 is 0.905 bits per heavy atom. The van der Waals surface area contributed by atoms with Crippen LogP contribution in [0.25, 0.3) is 0 Å². The molecule has 216 valence electrons. The first kappa shape index (κ1) is 29.6. The Kier molecular flexibility index (Phi) is 9.78. The summed E-state index contributed by atoms with van der Waals surface area (Å²) in [6.45, 7) is 0. The van der Waals surface area contributed by atoms with Crippen LogP contribution in [0.15, 0.2) is 83.8 Å². The molecule has 1 atom stereocenters. The molecule has 0 radical (unpaired) electrons. The van der Waals surface area contributed by atoms with Crippen molar-refractivity contribution in [3.05, 3.63) is 100 Å². The molecule has 1 amide bonds. The molecule has 3 N–H and O–H groups in total. The van der Waals surface area contributed by atoms with Crippen LogP contribution in [0, 0.1) is 0 Å². The van der Waals surface area contributed by atoms with Crippen molar-refractivity contribution in [3.8, 4) is 5.75 Å². The Labute approximate surface area is 259 Å². The highest BCUT2D eigenvalue weighted by molar-refractivity contribution is 8.00. The topological polar surface area (TPSA) is 88.7 Å². The summed E-state index contributed by atoms with van der Waals surface area (Å²) in [5.41, 5.74) is 3.88. The van der Waals surface area contributed by atoms with Gasteiger partial charge in [-0.3, -0.25) is 4.79 Å². The first-order valence-electron chi connectivity index (χ1n) is 13.5. The van der Waals surface area contributed by atoms with Crippen LogP contribution < -0.4 is 20.7 Å². The van der Waals surface area contributed by atoms with E-state index in [2.05, 4.69) is 16.0 Å². The molecular weight excluding hydrogens is 587 g/mol. The largest absolute Gasteiger partial charge is 0.495 e. The standard InChI is InChI=1S/C32H31N3O4S3/c1-38-25-17-8-7-16-24(25)34-32(40)33-21-13-10-14-22(19-21)41-28(20-11-4-3-5-12-20)29(36)35-30-27(31(37)39-2)23-15-6-9-18-26(23)42-30/h3-5,7-8,10-14,16-17,19,28H,6,9,15,18H2,1-2H3,(H,35,36)(H2,33,34,40). The van der Waals surface area contributed by atoms with E-state index in [0.29, 0.717) is 21.4 Å². The summed E-state index contributed by atoms with van der Waals surface area (Å²) in [6.07, 6.45) is 3.82. The number of amides is 1. The van der Waals surface area contributed by atoms with E-state index in [4.69, 9.17) is 21.7 Å². The average molecular weight is 618 g/mol. The fraction of sp³-hybridized carbons (Fsp3) is 0.219. The highest BCUT2D eigenvalue weighted by Crippen LogP contribution is 2.41. The van der Waals surface area contributed by atoms with Gasteiger partial charge < -0.3 is 25.4 Å². The number of para-hydroxylation sites is 2. The van der Waals surface area contributed by atoms with Gasteiger partial charge >= 0.3 is 5.97 Å². The summed E-state index contributed by atoms with van der Waals surface area (Å²) in [6, 6.07) is 24.9. The third-order valence-corrected chi connectivity index (χ3v) is 9.50. The maximum Gasteiger partial charge on any atom is 0.341 e. The quantitative estimate of drug-likeness (QED) is 0.100. The number of benzene rings is 3. The highest BCUT2D eigenvalue weighted by atomic mass is 32.2. The lowest BCUT2D eigenvalue weighted by atomic mass is 9.95. The van der Waals surface area contributed by atoms with Crippen LogP contribution in [0.2, 0.25) is 0 Å². The van der Waals surface area contributed by atoms with Gasteiger partial charge in [0.15, 0.2) is 5.11 Å². The molecule has 42 heavy (non-hydrogen) atoms. The zero-order valence-electron chi connectivity index (χ0n) is 23.3. The number of thioether (sulfide) groups is 1. The zero-order valence-corrected chi connectivity index (χ0v) is 25.7. The van der Waals surface area contributed by atoms with Crippen molar-refractivity contribution in [3.63, 3.8) is 0 Å². The third-order valence-electron chi connectivity index (χ3n) is 6.84. The summed E-state index contributed by atoms with van der Waals surface area (Å²) >= 11 is 8.45. The lowest BCUT2D eigenvalue weighted by molar-refractivity contribution is -0.115. The van der Waals surface area contributed by atoms with Crippen molar-refractivity contribution in [1.82, 2.24) is 0 Å². The van der Waals surface area contributed by atoms with E-state index in [0.717, 1.165) is 58.0 Å². The molecule has 4 aromatic rings. The van der Waals surface area contributed by atoms with E-state index < -0.39 is 11.2 Å². The van der Waals surface area contributed by atoms with Gasteiger partial charge in [0.2, 0.25) is 5.91 Å². The number of aryl methyl sites for hydroxylation is 1. The second-order valence-electron chi connectivity index (χ2n) is 9.61. The van der Waals surface area contributed by atoms with Crippen molar-refractivity contribution < 1.29 is 19.1 Å². The maximum absolute atomic E-state index is 13.9. The molecule has 10 heteroatoms. The summed E-state index contributed by atoms with van der Waals surface area (Å²) < 4.78 is 10.5. The van der Waals surface area contributed by atoms with Gasteiger partial charge in [-0.05, 0) is 79.4 Å². The second-order valence-corrected chi connectivity index (χ2v) is 12.3. The second kappa shape index (κ2) is 13.9. The van der Waals surface area contributed by atoms with Crippen molar-refractivity contribution in [2.75, 3.05) is 30.2 Å². The van der Waals surface area contributed by atoms with E-state index in [1.165, 1.54) is 30.2 Å². The molecule has 3 aromatic carbocycles. The Bertz CT molecular complexity index is 1590. The van der Waals surface area contributed by atoms with Crippen molar-refractivity contribution in [2.24, 2.45) is 0 Å². The summed E-state index contributed by atoms with van der Waals surface area (Å²) in [5, 5.41) is 9.88. The van der Waals surface area contributed by atoms with Crippen LogP contribution in [-0.2, 0) is 22.4 Å². The number of carbonyl (C=O) groups is 2. The predicted octanol–water partition coefficient (Wildman–Crippen LogP) is 7.70. The van der Waals surface area contributed by atoms with Crippen LogP contribution in [-0.4, -0.2) is 31.2 Å². The van der Waals surface area contributed by atoms with Gasteiger partial charge in [0.25, 0.3) is 0 Å². The number of fused-ring (bicyclic) bond motifs is 1. The Morgan fingerprint density at radius 3 is 2.45 bits per heavy atom. The number of thiocarbonyl (C=S) groups is 1. The number of ether oxygens (including phenoxy) is 2. The normalized spacial score (nSPS) is 12.9. The molecule has 0 spiro atoms. The fourth-order valence-electron chi connectivity index (χ4n) is 4.87. The van der Waals surface area contributed by atoms with E-state index in [1.807, 2.05) is 78.9 Å². The maximum atomic E-state index is 13.9. The average Bonchev–Trinajstić information content (AvgIpc) is 3.38. The lowest BCUT2D eigenvalue weighted by Crippen LogP contribution is -2.20. The minimum Gasteiger partial charge on any atom is -0.495 e. The van der Waals surface area contributed by atoms with Crippen LogP contribution in [0.4, 0.5) is 16.4 Å². The van der Waals surface area contributed by atoms with Crippen LogP contribution >= 0.6 is 35.3 Å². The molecule has 0 fully saturated rings. The number of carbonyl (C=O) groups excluding carboxylic acids is 2. The molecule has 1 aliphatic rings. The molecule has 5 rings (SSSR count). The zero-order chi connectivity index (χ0) is 29.5. The molecule has 7 nitrogen and oxygen atoms in total. The third kappa shape index (κ3) is 6.95. The van der Waals surface area contributed by atoms with E-state index in [-0.39, 0.29) is 5.91 Å². The highest BCUT2D eigenvalue weighted by Gasteiger charge is 2.29. The minimum absolute atomic E-state index is 0.207. The summed E-state index contributed by atoms with van der Waals surface area (Å²) in [7, 11) is 2.99. The molecule has 1 aromatic heterocycles. The number of thiophene rings is 1. The van der Waals surface area contributed by atoms with Gasteiger partial charge in [-0.1, -0.05) is 48.5 Å². The lowest BCUT2D eigenvalue weighted by Gasteiger charge is -2.18. The number of esters is 1. The van der Waals surface area contributed by atoms with Crippen LogP contribution in [0.5, 0.6) is 5.75 Å². The van der Waals surface area contributed by atoms with Gasteiger partial charge in [-0.25, -0.2) is 4.79 Å².